The molecule has 1 fully saturated rings. The first-order valence-corrected chi connectivity index (χ1v) is 15.2. The summed E-state index contributed by atoms with van der Waals surface area (Å²) in [6.45, 7) is 1.10. The number of nitrogens with zero attached hydrogens (tertiary/aromatic N) is 1. The second-order valence-corrected chi connectivity index (χ2v) is 11.7. The van der Waals surface area contributed by atoms with E-state index in [9.17, 15) is 19.2 Å². The van der Waals surface area contributed by atoms with E-state index in [-0.39, 0.29) is 31.3 Å². The van der Waals surface area contributed by atoms with Crippen LogP contribution < -0.4 is 15.4 Å². The molecule has 1 heterocycles. The van der Waals surface area contributed by atoms with Gasteiger partial charge in [-0.15, -0.1) is 0 Å². The Morgan fingerprint density at radius 2 is 1.83 bits per heavy atom. The summed E-state index contributed by atoms with van der Waals surface area (Å²) in [5.41, 5.74) is 1.57. The topological polar surface area (TPSA) is 114 Å². The lowest BCUT2D eigenvalue weighted by Crippen LogP contribution is -2.51. The van der Waals surface area contributed by atoms with Crippen molar-refractivity contribution in [1.82, 2.24) is 15.5 Å². The fourth-order valence-electron chi connectivity index (χ4n) is 5.40. The summed E-state index contributed by atoms with van der Waals surface area (Å²) in [5, 5.41) is 6.52. The first kappa shape index (κ1) is 31.6. The third-order valence-corrected chi connectivity index (χ3v) is 8.15. The molecule has 4 rings (SSSR count). The largest absolute Gasteiger partial charge is 0.491 e. The molecule has 0 unspecified atom stereocenters. The molecular weight excluding hydrogens is 581 g/mol. The molecule has 42 heavy (non-hydrogen) atoms. The van der Waals surface area contributed by atoms with E-state index in [2.05, 4.69) is 10.6 Å². The summed E-state index contributed by atoms with van der Waals surface area (Å²) in [6.07, 6.45) is 5.81. The third kappa shape index (κ3) is 9.63. The molecular formula is C31H37Cl2N3O6. The molecule has 2 N–H and O–H groups in total. The number of rotatable bonds is 11. The quantitative estimate of drug-likeness (QED) is 0.324. The van der Waals surface area contributed by atoms with Gasteiger partial charge in [-0.3, -0.25) is 9.59 Å². The summed E-state index contributed by atoms with van der Waals surface area (Å²) in [7, 11) is 0. The van der Waals surface area contributed by atoms with Crippen LogP contribution in [0.1, 0.15) is 62.5 Å². The van der Waals surface area contributed by atoms with E-state index in [1.54, 1.807) is 41.3 Å². The number of aldehydes is 1. The number of carbonyl (C=O) groups is 4. The van der Waals surface area contributed by atoms with Crippen LogP contribution in [0.15, 0.2) is 42.5 Å². The predicted molar refractivity (Wildman–Crippen MR) is 159 cm³/mol. The second kappa shape index (κ2) is 15.8. The van der Waals surface area contributed by atoms with Gasteiger partial charge in [0, 0.05) is 28.6 Å². The van der Waals surface area contributed by atoms with Crippen LogP contribution in [0.2, 0.25) is 10.0 Å². The van der Waals surface area contributed by atoms with Crippen molar-refractivity contribution in [2.75, 3.05) is 13.2 Å². The van der Waals surface area contributed by atoms with Crippen molar-refractivity contribution in [2.45, 2.75) is 76.6 Å². The van der Waals surface area contributed by atoms with Gasteiger partial charge in [0.1, 0.15) is 31.3 Å². The highest BCUT2D eigenvalue weighted by Gasteiger charge is 2.29. The Morgan fingerprint density at radius 3 is 2.60 bits per heavy atom. The highest BCUT2D eigenvalue weighted by Crippen LogP contribution is 2.28. The maximum absolute atomic E-state index is 13.3. The number of carbonyl (C=O) groups excluding carboxylic acids is 4. The number of halogens is 2. The number of fused-ring (bicyclic) bond motifs is 1. The first-order valence-electron chi connectivity index (χ1n) is 14.4. The molecule has 226 valence electrons. The number of ether oxygens (including phenoxy) is 2. The van der Waals surface area contributed by atoms with Gasteiger partial charge in [-0.2, -0.15) is 0 Å². The third-order valence-electron chi connectivity index (χ3n) is 7.68. The minimum Gasteiger partial charge on any atom is -0.491 e. The van der Waals surface area contributed by atoms with Crippen LogP contribution in [-0.2, 0) is 32.3 Å². The lowest BCUT2D eigenvalue weighted by atomic mass is 9.84. The number of alkyl carbamates (subject to hydrolysis) is 1. The van der Waals surface area contributed by atoms with E-state index in [1.165, 1.54) is 0 Å². The normalized spacial score (nSPS) is 16.7. The molecule has 1 aliphatic heterocycles. The number of benzene rings is 2. The van der Waals surface area contributed by atoms with Crippen molar-refractivity contribution in [3.63, 3.8) is 0 Å². The zero-order valence-electron chi connectivity index (χ0n) is 23.5. The molecule has 3 amide bonds. The summed E-state index contributed by atoms with van der Waals surface area (Å²) < 4.78 is 11.1. The van der Waals surface area contributed by atoms with E-state index in [4.69, 9.17) is 32.7 Å². The predicted octanol–water partition coefficient (Wildman–Crippen LogP) is 5.44. The van der Waals surface area contributed by atoms with Crippen LogP contribution in [0.5, 0.6) is 5.75 Å². The average molecular weight is 619 g/mol. The minimum absolute atomic E-state index is 0.00227. The number of amides is 3. The minimum atomic E-state index is -0.881. The molecule has 0 saturated heterocycles. The van der Waals surface area contributed by atoms with Gasteiger partial charge in [0.15, 0.2) is 0 Å². The van der Waals surface area contributed by atoms with Crippen LogP contribution in [0.25, 0.3) is 0 Å². The van der Waals surface area contributed by atoms with E-state index in [0.717, 1.165) is 43.2 Å². The van der Waals surface area contributed by atoms with E-state index >= 15 is 0 Å². The fraction of sp³-hybridized carbons (Fsp3) is 0.484. The molecule has 0 bridgehead atoms. The lowest BCUT2D eigenvalue weighted by Gasteiger charge is -2.27. The van der Waals surface area contributed by atoms with Crippen LogP contribution >= 0.6 is 23.2 Å². The Bertz CT molecular complexity index is 1250. The van der Waals surface area contributed by atoms with E-state index < -0.39 is 24.1 Å². The number of hydrogen-bond donors (Lipinski definition) is 2. The molecule has 9 nitrogen and oxygen atoms in total. The van der Waals surface area contributed by atoms with Crippen molar-refractivity contribution in [3.05, 3.63) is 63.6 Å². The molecule has 1 aliphatic carbocycles. The van der Waals surface area contributed by atoms with Crippen molar-refractivity contribution < 1.29 is 28.7 Å². The van der Waals surface area contributed by atoms with Crippen LogP contribution in [-0.4, -0.2) is 54.3 Å². The van der Waals surface area contributed by atoms with Crippen molar-refractivity contribution in [2.24, 2.45) is 5.92 Å². The lowest BCUT2D eigenvalue weighted by molar-refractivity contribution is -0.132. The fourth-order valence-corrected chi connectivity index (χ4v) is 5.77. The Labute approximate surface area is 256 Å². The Balaban J connectivity index is 1.32. The molecule has 1 saturated carbocycles. The van der Waals surface area contributed by atoms with Gasteiger partial charge in [0.2, 0.25) is 11.8 Å². The smallest absolute Gasteiger partial charge is 0.408 e. The summed E-state index contributed by atoms with van der Waals surface area (Å²) in [4.78, 5) is 52.6. The molecule has 2 aliphatic rings. The van der Waals surface area contributed by atoms with Crippen LogP contribution in [0.4, 0.5) is 4.79 Å². The van der Waals surface area contributed by atoms with Crippen LogP contribution in [0, 0.1) is 5.92 Å². The Kier molecular flexibility index (Phi) is 11.9. The zero-order chi connectivity index (χ0) is 29.9. The van der Waals surface area contributed by atoms with Gasteiger partial charge >= 0.3 is 6.09 Å². The molecule has 11 heteroatoms. The summed E-state index contributed by atoms with van der Waals surface area (Å²) in [5.74, 6) is 0.309. The van der Waals surface area contributed by atoms with Crippen molar-refractivity contribution in [1.29, 1.82) is 0 Å². The average Bonchev–Trinajstić information content (AvgIpc) is 3.20. The van der Waals surface area contributed by atoms with Gasteiger partial charge in [0.05, 0.1) is 12.6 Å². The number of nitrogens with one attached hydrogen (secondary N) is 2. The maximum atomic E-state index is 13.3. The Hall–Kier alpha value is -3.30. The molecule has 0 spiro atoms. The highest BCUT2D eigenvalue weighted by molar-refractivity contribution is 6.31. The van der Waals surface area contributed by atoms with Crippen molar-refractivity contribution >= 4 is 47.4 Å². The van der Waals surface area contributed by atoms with E-state index in [1.807, 2.05) is 6.07 Å². The van der Waals surface area contributed by atoms with Gasteiger partial charge in [-0.25, -0.2) is 4.79 Å². The first-order chi connectivity index (χ1) is 20.3. The summed E-state index contributed by atoms with van der Waals surface area (Å²) in [6, 6.07) is 10.5. The maximum Gasteiger partial charge on any atom is 0.408 e. The molecule has 2 aromatic rings. The van der Waals surface area contributed by atoms with Crippen molar-refractivity contribution in [3.8, 4) is 5.75 Å². The molecule has 0 radical (unpaired) electrons. The van der Waals surface area contributed by atoms with E-state index in [0.29, 0.717) is 48.2 Å². The van der Waals surface area contributed by atoms with Gasteiger partial charge in [-0.1, -0.05) is 73.5 Å². The monoisotopic (exact) mass is 617 g/mol. The second-order valence-electron chi connectivity index (χ2n) is 10.8. The number of hydrogen-bond acceptors (Lipinski definition) is 6. The standard InChI is InChI=1S/C31H37Cl2N3O6/c32-24-8-4-7-22(15-24)20-42-31(40)35-27(16-21-5-2-1-3-6-21)30(39)34-26(19-37)11-12-29(38)36-13-14-41-28-17-25(33)10-9-23(28)18-36/h4,7-10,15,17,19,21,26-27H,1-3,5-6,11-14,16,18,20H2,(H,34,39)(H,35,40)/t26-,27-/m0/s1. The van der Waals surface area contributed by atoms with Crippen LogP contribution in [0.3, 0.4) is 0 Å². The van der Waals surface area contributed by atoms with Gasteiger partial charge < -0.3 is 29.8 Å². The SMILES string of the molecule is O=C[C@H](CCC(=O)N1CCOc2cc(Cl)ccc2C1)NC(=O)[C@H](CC1CCCCC1)NC(=O)OCc1cccc(Cl)c1. The zero-order valence-corrected chi connectivity index (χ0v) is 25.0. The van der Waals surface area contributed by atoms with Gasteiger partial charge in [0.25, 0.3) is 0 Å². The summed E-state index contributed by atoms with van der Waals surface area (Å²) >= 11 is 12.1. The molecule has 0 aromatic heterocycles. The molecule has 2 atom stereocenters. The molecule has 2 aromatic carbocycles. The van der Waals surface area contributed by atoms with Gasteiger partial charge in [-0.05, 0) is 48.6 Å². The Morgan fingerprint density at radius 1 is 1.05 bits per heavy atom. The highest BCUT2D eigenvalue weighted by atomic mass is 35.5.